The lowest BCUT2D eigenvalue weighted by Gasteiger charge is -2.31. The third-order valence-corrected chi connectivity index (χ3v) is 16.7. The summed E-state index contributed by atoms with van der Waals surface area (Å²) in [6.07, 6.45) is 13.3. The van der Waals surface area contributed by atoms with Crippen molar-refractivity contribution in [3.05, 3.63) is 193 Å². The highest BCUT2D eigenvalue weighted by atomic mass is 16.5. The van der Waals surface area contributed by atoms with Crippen molar-refractivity contribution in [2.75, 3.05) is 13.2 Å². The monoisotopic (exact) mass is 955 g/mol. The quantitative estimate of drug-likeness (QED) is 0.0857. The molecule has 0 N–H and O–H groups in total. The van der Waals surface area contributed by atoms with Crippen LogP contribution in [0.2, 0.25) is 0 Å². The van der Waals surface area contributed by atoms with Crippen molar-refractivity contribution in [1.82, 2.24) is 9.13 Å². The number of nitrogens with zero attached hydrogens (tertiary/aromatic N) is 2. The van der Waals surface area contributed by atoms with E-state index in [-0.39, 0.29) is 0 Å². The summed E-state index contributed by atoms with van der Waals surface area (Å²) in [6.45, 7) is 19.1. The van der Waals surface area contributed by atoms with E-state index in [1.807, 2.05) is 12.4 Å². The van der Waals surface area contributed by atoms with E-state index in [2.05, 4.69) is 208 Å². The molecule has 10 aromatic rings. The number of unbranched alkanes of at least 4 members (excludes halogenated alkanes) is 2. The fourth-order valence-corrected chi connectivity index (χ4v) is 12.7. The molecule has 12 rings (SSSR count). The molecule has 2 heterocycles. The minimum Gasteiger partial charge on any atom is -0.493 e. The molecule has 0 saturated heterocycles. The second-order valence-electron chi connectivity index (χ2n) is 20.7. The van der Waals surface area contributed by atoms with Gasteiger partial charge in [-0.15, -0.1) is 0 Å². The van der Waals surface area contributed by atoms with Crippen LogP contribution in [-0.4, -0.2) is 22.3 Å². The first kappa shape index (κ1) is 46.5. The Morgan fingerprint density at radius 3 is 1.21 bits per heavy atom. The summed E-state index contributed by atoms with van der Waals surface area (Å²) in [6, 6.07) is 59.5. The number of fused-ring (bicyclic) bond motifs is 16. The van der Waals surface area contributed by atoms with Crippen LogP contribution in [0.5, 0.6) is 11.5 Å². The number of ether oxygens (including phenoxy) is 2. The van der Waals surface area contributed by atoms with Gasteiger partial charge in [-0.3, -0.25) is 0 Å². The number of para-hydroxylation sites is 2. The maximum Gasteiger partial charge on any atom is 0.119 e. The molecule has 2 aromatic heterocycles. The average molecular weight is 955 g/mol. The molecule has 0 aliphatic heterocycles. The molecule has 4 nitrogen and oxygen atoms in total. The smallest absolute Gasteiger partial charge is 0.119 e. The molecule has 2 aliphatic carbocycles. The summed E-state index contributed by atoms with van der Waals surface area (Å²) in [7, 11) is 0. The topological polar surface area (TPSA) is 28.3 Å². The van der Waals surface area contributed by atoms with Crippen molar-refractivity contribution in [3.8, 4) is 56.0 Å². The van der Waals surface area contributed by atoms with E-state index in [0.29, 0.717) is 25.0 Å². The Labute approximate surface area is 431 Å². The zero-order chi connectivity index (χ0) is 49.8. The highest BCUT2D eigenvalue weighted by molar-refractivity contribution is 6.11. The fraction of sp³-hybridized carbons (Fsp3) is 0.246. The van der Waals surface area contributed by atoms with Crippen molar-refractivity contribution < 1.29 is 9.47 Å². The molecule has 0 fully saturated rings. The van der Waals surface area contributed by atoms with Crippen molar-refractivity contribution >= 4 is 56.0 Å². The standard InChI is InChI=1S/C69H66N2O2/c1-7-13-19-45(9-3)43-72-51-29-35-55-53-31-25-47(49-27-33-59-57-21-15-17-23-65(57)70(11-5)67(59)39-49)37-61(53)69(63(55)41-51)62-38-48(50-28-34-60-58-22-16-18-24-66(58)71(12-6)68(60)40-50)26-32-54(62)56-36-30-52(42-64(56)69)73-44-46(10-4)20-14-8-2/h11-12,15-18,21-42,45-46H,5-10,13-14,19-20,43-44H2,1-4H3. The van der Waals surface area contributed by atoms with Crippen LogP contribution >= 0.6 is 0 Å². The molecule has 2 unspecified atom stereocenters. The van der Waals surface area contributed by atoms with E-state index in [9.17, 15) is 0 Å². The molecular weight excluding hydrogens is 889 g/mol. The fourth-order valence-electron chi connectivity index (χ4n) is 12.7. The maximum absolute atomic E-state index is 6.91. The van der Waals surface area contributed by atoms with Gasteiger partial charge in [0.15, 0.2) is 0 Å². The van der Waals surface area contributed by atoms with Gasteiger partial charge in [-0.05, 0) is 152 Å². The van der Waals surface area contributed by atoms with Crippen molar-refractivity contribution in [3.63, 3.8) is 0 Å². The Balaban J connectivity index is 1.09. The Hall–Kier alpha value is -7.56. The summed E-state index contributed by atoms with van der Waals surface area (Å²) in [4.78, 5) is 0. The van der Waals surface area contributed by atoms with Gasteiger partial charge < -0.3 is 18.6 Å². The summed E-state index contributed by atoms with van der Waals surface area (Å²) in [5.74, 6) is 2.87. The molecule has 0 saturated carbocycles. The highest BCUT2D eigenvalue weighted by Gasteiger charge is 2.52. The zero-order valence-electron chi connectivity index (χ0n) is 43.0. The Kier molecular flexibility index (Phi) is 12.2. The van der Waals surface area contributed by atoms with E-state index in [1.54, 1.807) is 0 Å². The van der Waals surface area contributed by atoms with E-state index in [0.717, 1.165) is 46.4 Å². The van der Waals surface area contributed by atoms with E-state index in [1.165, 1.54) is 127 Å². The lowest BCUT2D eigenvalue weighted by Crippen LogP contribution is -2.26. The molecule has 2 atom stereocenters. The van der Waals surface area contributed by atoms with Gasteiger partial charge in [-0.2, -0.15) is 0 Å². The number of rotatable bonds is 18. The number of hydrogen-bond acceptors (Lipinski definition) is 2. The lowest BCUT2D eigenvalue weighted by atomic mass is 9.69. The largest absolute Gasteiger partial charge is 0.493 e. The van der Waals surface area contributed by atoms with Crippen LogP contribution < -0.4 is 9.47 Å². The SMILES string of the molecule is C=Cn1c2ccccc2c2ccc(-c3ccc4c(c3)C3(c5cc(OCC(CC)CCCC)ccc5-4)c4cc(OCC(CC)CCCC)ccc4-c4ccc(-c5ccc6c7ccccc7n(C=C)c6c5)cc43)cc21. The van der Waals surface area contributed by atoms with Crippen LogP contribution in [0.25, 0.3) is 101 Å². The van der Waals surface area contributed by atoms with Crippen LogP contribution in [0.15, 0.2) is 171 Å². The number of benzene rings is 8. The normalized spacial score (nSPS) is 15.2. The predicted octanol–water partition coefficient (Wildman–Crippen LogP) is 19.0. The molecule has 4 heteroatoms. The first-order chi connectivity index (χ1) is 35.9. The van der Waals surface area contributed by atoms with Gasteiger partial charge in [0, 0.05) is 33.9 Å². The van der Waals surface area contributed by atoms with Gasteiger partial charge in [-0.25, -0.2) is 0 Å². The first-order valence-corrected chi connectivity index (χ1v) is 27.1. The van der Waals surface area contributed by atoms with Gasteiger partial charge in [0.1, 0.15) is 11.5 Å². The summed E-state index contributed by atoms with van der Waals surface area (Å²) in [5.41, 5.74) is 18.7. The number of hydrogen-bond donors (Lipinski definition) is 0. The second-order valence-corrected chi connectivity index (χ2v) is 20.7. The number of aromatic nitrogens is 2. The van der Waals surface area contributed by atoms with Crippen molar-refractivity contribution in [1.29, 1.82) is 0 Å². The summed E-state index contributed by atoms with van der Waals surface area (Å²) >= 11 is 0. The molecule has 0 bridgehead atoms. The minimum absolute atomic E-state index is 0.510. The highest BCUT2D eigenvalue weighted by Crippen LogP contribution is 2.64. The van der Waals surface area contributed by atoms with Crippen LogP contribution in [0.3, 0.4) is 0 Å². The van der Waals surface area contributed by atoms with Gasteiger partial charge in [0.05, 0.1) is 40.7 Å². The van der Waals surface area contributed by atoms with Crippen LogP contribution in [0.4, 0.5) is 0 Å². The summed E-state index contributed by atoms with van der Waals surface area (Å²) in [5, 5.41) is 4.91. The molecule has 364 valence electrons. The predicted molar refractivity (Wildman–Crippen MR) is 310 cm³/mol. The second kappa shape index (κ2) is 19.1. The lowest BCUT2D eigenvalue weighted by molar-refractivity contribution is 0.233. The van der Waals surface area contributed by atoms with E-state index >= 15 is 0 Å². The van der Waals surface area contributed by atoms with Gasteiger partial charge in [-0.1, -0.05) is 176 Å². The Morgan fingerprint density at radius 1 is 0.425 bits per heavy atom. The molecule has 73 heavy (non-hydrogen) atoms. The molecule has 2 aliphatic rings. The zero-order valence-corrected chi connectivity index (χ0v) is 43.0. The third kappa shape index (κ3) is 7.55. The third-order valence-electron chi connectivity index (χ3n) is 16.7. The van der Waals surface area contributed by atoms with Gasteiger partial charge in [0.25, 0.3) is 0 Å². The van der Waals surface area contributed by atoms with Crippen molar-refractivity contribution in [2.45, 2.75) is 84.5 Å². The minimum atomic E-state index is -0.681. The van der Waals surface area contributed by atoms with Gasteiger partial charge in [0.2, 0.25) is 0 Å². The van der Waals surface area contributed by atoms with E-state index < -0.39 is 5.41 Å². The molecular formula is C69H66N2O2. The average Bonchev–Trinajstić information content (AvgIpc) is 4.15. The molecule has 0 radical (unpaired) electrons. The van der Waals surface area contributed by atoms with Crippen molar-refractivity contribution in [2.24, 2.45) is 11.8 Å². The Bertz CT molecular complexity index is 3520. The van der Waals surface area contributed by atoms with Gasteiger partial charge >= 0.3 is 0 Å². The first-order valence-electron chi connectivity index (χ1n) is 27.1. The summed E-state index contributed by atoms with van der Waals surface area (Å²) < 4.78 is 18.3. The van der Waals surface area contributed by atoms with Crippen LogP contribution in [-0.2, 0) is 5.41 Å². The molecule has 0 amide bonds. The van der Waals surface area contributed by atoms with Crippen LogP contribution in [0, 0.1) is 11.8 Å². The molecule has 1 spiro atoms. The van der Waals surface area contributed by atoms with Crippen LogP contribution in [0.1, 0.15) is 101 Å². The Morgan fingerprint density at radius 2 is 0.795 bits per heavy atom. The van der Waals surface area contributed by atoms with E-state index in [4.69, 9.17) is 9.47 Å². The maximum atomic E-state index is 6.91. The molecule has 8 aromatic carbocycles.